The molecule has 0 spiro atoms. The zero-order valence-electron chi connectivity index (χ0n) is 11.6. The molecule has 2 unspecified atom stereocenters. The zero-order chi connectivity index (χ0) is 13.4. The molecule has 1 aliphatic rings. The van der Waals surface area contributed by atoms with Crippen LogP contribution in [0.4, 0.5) is 0 Å². The number of carbonyl (C=O) groups excluding carboxylic acids is 1. The van der Waals surface area contributed by atoms with E-state index in [0.29, 0.717) is 32.3 Å². The lowest BCUT2D eigenvalue weighted by atomic mass is 9.92. The van der Waals surface area contributed by atoms with Crippen molar-refractivity contribution in [2.75, 3.05) is 39.5 Å². The molecule has 0 saturated carbocycles. The van der Waals surface area contributed by atoms with Gasteiger partial charge in [-0.1, -0.05) is 6.92 Å². The summed E-state index contributed by atoms with van der Waals surface area (Å²) in [4.78, 5) is 13.9. The molecule has 0 aromatic rings. The number of hydrogen-bond acceptors (Lipinski definition) is 4. The fraction of sp³-hybridized carbons (Fsp3) is 0.923. The molecule has 2 N–H and O–H groups in total. The molecule has 1 fully saturated rings. The largest absolute Gasteiger partial charge is 0.379 e. The normalized spacial score (nSPS) is 24.3. The SMILES string of the molecule is CCOCCOCC(=O)N1CCC(C)CC1CN. The van der Waals surface area contributed by atoms with Crippen LogP contribution in [0.2, 0.25) is 0 Å². The van der Waals surface area contributed by atoms with Crippen molar-refractivity contribution < 1.29 is 14.3 Å². The van der Waals surface area contributed by atoms with Gasteiger partial charge in [0.05, 0.1) is 13.2 Å². The summed E-state index contributed by atoms with van der Waals surface area (Å²) in [7, 11) is 0. The van der Waals surface area contributed by atoms with Crippen LogP contribution in [0.3, 0.4) is 0 Å². The number of nitrogens with two attached hydrogens (primary N) is 1. The molecule has 5 heteroatoms. The maximum absolute atomic E-state index is 12.0. The minimum absolute atomic E-state index is 0.0499. The maximum atomic E-state index is 12.0. The molecule has 106 valence electrons. The summed E-state index contributed by atoms with van der Waals surface area (Å²) < 4.78 is 10.5. The van der Waals surface area contributed by atoms with E-state index in [2.05, 4.69) is 6.92 Å². The van der Waals surface area contributed by atoms with E-state index in [-0.39, 0.29) is 18.6 Å². The molecule has 0 aromatic carbocycles. The Kier molecular flexibility index (Phi) is 7.23. The quantitative estimate of drug-likeness (QED) is 0.680. The molecule has 1 aliphatic heterocycles. The van der Waals surface area contributed by atoms with E-state index in [1.165, 1.54) is 0 Å². The van der Waals surface area contributed by atoms with E-state index in [4.69, 9.17) is 15.2 Å². The number of ether oxygens (including phenoxy) is 2. The van der Waals surface area contributed by atoms with Crippen molar-refractivity contribution in [3.63, 3.8) is 0 Å². The van der Waals surface area contributed by atoms with Crippen LogP contribution in [0.15, 0.2) is 0 Å². The van der Waals surface area contributed by atoms with Crippen molar-refractivity contribution in [3.05, 3.63) is 0 Å². The van der Waals surface area contributed by atoms with E-state index in [9.17, 15) is 4.79 Å². The minimum Gasteiger partial charge on any atom is -0.379 e. The number of nitrogens with zero attached hydrogens (tertiary/aromatic N) is 1. The van der Waals surface area contributed by atoms with Crippen molar-refractivity contribution in [1.29, 1.82) is 0 Å². The van der Waals surface area contributed by atoms with Gasteiger partial charge in [-0.15, -0.1) is 0 Å². The first-order valence-corrected chi connectivity index (χ1v) is 6.84. The summed E-state index contributed by atoms with van der Waals surface area (Å²) in [5.74, 6) is 0.704. The Labute approximate surface area is 110 Å². The van der Waals surface area contributed by atoms with Crippen LogP contribution in [0.25, 0.3) is 0 Å². The average molecular weight is 258 g/mol. The molecule has 1 amide bonds. The van der Waals surface area contributed by atoms with Crippen molar-refractivity contribution in [1.82, 2.24) is 4.90 Å². The Morgan fingerprint density at radius 1 is 1.39 bits per heavy atom. The van der Waals surface area contributed by atoms with Gasteiger partial charge in [0.25, 0.3) is 0 Å². The molecule has 1 saturated heterocycles. The second-order valence-corrected chi connectivity index (χ2v) is 4.86. The zero-order valence-corrected chi connectivity index (χ0v) is 11.6. The smallest absolute Gasteiger partial charge is 0.248 e. The predicted molar refractivity (Wildman–Crippen MR) is 70.3 cm³/mol. The van der Waals surface area contributed by atoms with E-state index < -0.39 is 0 Å². The van der Waals surface area contributed by atoms with Gasteiger partial charge >= 0.3 is 0 Å². The predicted octanol–water partition coefficient (Wildman–Crippen LogP) is 0.625. The van der Waals surface area contributed by atoms with Gasteiger partial charge in [0, 0.05) is 25.7 Å². The highest BCUT2D eigenvalue weighted by molar-refractivity contribution is 5.77. The topological polar surface area (TPSA) is 64.8 Å². The molecule has 2 atom stereocenters. The molecule has 0 aliphatic carbocycles. The summed E-state index contributed by atoms with van der Waals surface area (Å²) in [5.41, 5.74) is 5.73. The van der Waals surface area contributed by atoms with E-state index in [1.807, 2.05) is 11.8 Å². The fourth-order valence-corrected chi connectivity index (χ4v) is 2.31. The van der Waals surface area contributed by atoms with Crippen LogP contribution in [0.5, 0.6) is 0 Å². The van der Waals surface area contributed by atoms with Crippen LogP contribution in [0.1, 0.15) is 26.7 Å². The second-order valence-electron chi connectivity index (χ2n) is 4.86. The first kappa shape index (κ1) is 15.4. The average Bonchev–Trinajstić information content (AvgIpc) is 2.38. The molecule has 0 aromatic heterocycles. The third-order valence-electron chi connectivity index (χ3n) is 3.37. The minimum atomic E-state index is 0.0499. The van der Waals surface area contributed by atoms with Crippen molar-refractivity contribution >= 4 is 5.91 Å². The number of likely N-dealkylation sites (tertiary alicyclic amines) is 1. The fourth-order valence-electron chi connectivity index (χ4n) is 2.31. The molecule has 1 rings (SSSR count). The van der Waals surface area contributed by atoms with Crippen molar-refractivity contribution in [3.8, 4) is 0 Å². The van der Waals surface area contributed by atoms with Gasteiger partial charge < -0.3 is 20.1 Å². The molecular formula is C13H26N2O3. The standard InChI is InChI=1S/C13H26N2O3/c1-3-17-6-7-18-10-13(16)15-5-4-11(2)8-12(15)9-14/h11-12H,3-10,14H2,1-2H3. The number of carbonyl (C=O) groups is 1. The number of hydrogen-bond donors (Lipinski definition) is 1. The van der Waals surface area contributed by atoms with Gasteiger partial charge in [-0.2, -0.15) is 0 Å². The molecule has 1 heterocycles. The molecular weight excluding hydrogens is 232 g/mol. The summed E-state index contributed by atoms with van der Waals surface area (Å²) in [6.07, 6.45) is 2.06. The Morgan fingerprint density at radius 2 is 2.11 bits per heavy atom. The lowest BCUT2D eigenvalue weighted by molar-refractivity contribution is -0.140. The van der Waals surface area contributed by atoms with E-state index in [0.717, 1.165) is 19.4 Å². The Hall–Kier alpha value is -0.650. The van der Waals surface area contributed by atoms with Gasteiger partial charge in [-0.3, -0.25) is 4.79 Å². The summed E-state index contributed by atoms with van der Waals surface area (Å²) in [5, 5.41) is 0. The van der Waals surface area contributed by atoms with Crippen molar-refractivity contribution in [2.45, 2.75) is 32.7 Å². The first-order chi connectivity index (χ1) is 8.69. The van der Waals surface area contributed by atoms with E-state index >= 15 is 0 Å². The van der Waals surface area contributed by atoms with E-state index in [1.54, 1.807) is 0 Å². The lowest BCUT2D eigenvalue weighted by Crippen LogP contribution is -2.50. The number of amides is 1. The van der Waals surface area contributed by atoms with Crippen LogP contribution in [-0.4, -0.2) is 56.4 Å². The van der Waals surface area contributed by atoms with Gasteiger partial charge in [-0.05, 0) is 25.7 Å². The molecule has 5 nitrogen and oxygen atoms in total. The van der Waals surface area contributed by atoms with Crippen LogP contribution in [-0.2, 0) is 14.3 Å². The number of piperidine rings is 1. The number of rotatable bonds is 7. The lowest BCUT2D eigenvalue weighted by Gasteiger charge is -2.37. The monoisotopic (exact) mass is 258 g/mol. The molecule has 0 radical (unpaired) electrons. The maximum Gasteiger partial charge on any atom is 0.248 e. The van der Waals surface area contributed by atoms with Crippen LogP contribution >= 0.6 is 0 Å². The van der Waals surface area contributed by atoms with Crippen LogP contribution in [0, 0.1) is 5.92 Å². The van der Waals surface area contributed by atoms with Gasteiger partial charge in [0.1, 0.15) is 6.61 Å². The second kappa shape index (κ2) is 8.45. The summed E-state index contributed by atoms with van der Waals surface area (Å²) in [6.45, 7) is 7.31. The van der Waals surface area contributed by atoms with Crippen LogP contribution < -0.4 is 5.73 Å². The Morgan fingerprint density at radius 3 is 2.78 bits per heavy atom. The van der Waals surface area contributed by atoms with Crippen molar-refractivity contribution in [2.24, 2.45) is 11.7 Å². The Balaban J connectivity index is 2.27. The van der Waals surface area contributed by atoms with Gasteiger partial charge in [0.2, 0.25) is 5.91 Å². The third-order valence-corrected chi connectivity index (χ3v) is 3.37. The highest BCUT2D eigenvalue weighted by Crippen LogP contribution is 2.21. The highest BCUT2D eigenvalue weighted by atomic mass is 16.5. The highest BCUT2D eigenvalue weighted by Gasteiger charge is 2.28. The summed E-state index contributed by atoms with van der Waals surface area (Å²) >= 11 is 0. The summed E-state index contributed by atoms with van der Waals surface area (Å²) in [6, 6.07) is 0.178. The van der Waals surface area contributed by atoms with Gasteiger partial charge in [0.15, 0.2) is 0 Å². The first-order valence-electron chi connectivity index (χ1n) is 6.84. The molecule has 0 bridgehead atoms. The molecule has 18 heavy (non-hydrogen) atoms. The third kappa shape index (κ3) is 4.92. The van der Waals surface area contributed by atoms with Gasteiger partial charge in [-0.25, -0.2) is 0 Å². The Bertz CT molecular complexity index is 248.